The van der Waals surface area contributed by atoms with E-state index in [0.717, 1.165) is 34.4 Å². The Bertz CT molecular complexity index is 1140. The zero-order valence-corrected chi connectivity index (χ0v) is 16.9. The fourth-order valence-corrected chi connectivity index (χ4v) is 4.06. The molecule has 4 aromatic rings. The summed E-state index contributed by atoms with van der Waals surface area (Å²) in [5.74, 6) is 1.69. The molecule has 0 saturated heterocycles. The smallest absolute Gasteiger partial charge is 0.196 e. The maximum atomic E-state index is 8.97. The van der Waals surface area contributed by atoms with Gasteiger partial charge in [0.05, 0.1) is 11.6 Å². The maximum Gasteiger partial charge on any atom is 0.196 e. The van der Waals surface area contributed by atoms with E-state index in [4.69, 9.17) is 5.26 Å². The lowest BCUT2D eigenvalue weighted by Gasteiger charge is -2.11. The van der Waals surface area contributed by atoms with Crippen LogP contribution in [0.4, 0.5) is 0 Å². The van der Waals surface area contributed by atoms with E-state index in [-0.39, 0.29) is 0 Å². The highest BCUT2D eigenvalue weighted by molar-refractivity contribution is 7.98. The zero-order valence-electron chi connectivity index (χ0n) is 16.1. The molecule has 0 atom stereocenters. The first-order valence-corrected chi connectivity index (χ1v) is 10.4. The molecule has 4 nitrogen and oxygen atoms in total. The van der Waals surface area contributed by atoms with Crippen LogP contribution >= 0.6 is 11.8 Å². The largest absolute Gasteiger partial charge is 0.274 e. The first-order chi connectivity index (χ1) is 14.2. The third-order valence-corrected chi connectivity index (χ3v) is 5.62. The van der Waals surface area contributed by atoms with Crippen LogP contribution in [0.5, 0.6) is 0 Å². The van der Waals surface area contributed by atoms with E-state index < -0.39 is 0 Å². The molecule has 0 radical (unpaired) electrons. The molecular weight excluding hydrogens is 376 g/mol. The summed E-state index contributed by atoms with van der Waals surface area (Å²) in [4.78, 5) is 0. The Morgan fingerprint density at radius 2 is 1.69 bits per heavy atom. The summed E-state index contributed by atoms with van der Waals surface area (Å²) < 4.78 is 2.15. The number of benzene rings is 3. The lowest BCUT2D eigenvalue weighted by molar-refractivity contribution is 0.846. The molecule has 3 aromatic carbocycles. The van der Waals surface area contributed by atoms with Gasteiger partial charge in [0.15, 0.2) is 5.16 Å². The summed E-state index contributed by atoms with van der Waals surface area (Å²) >= 11 is 1.65. The van der Waals surface area contributed by atoms with E-state index in [1.54, 1.807) is 11.8 Å². The highest BCUT2D eigenvalue weighted by atomic mass is 32.2. The van der Waals surface area contributed by atoms with Gasteiger partial charge in [0.2, 0.25) is 0 Å². The number of aryl methyl sites for hydroxylation is 1. The van der Waals surface area contributed by atoms with Gasteiger partial charge in [0.1, 0.15) is 5.82 Å². The molecule has 0 bridgehead atoms. The average molecular weight is 397 g/mol. The Morgan fingerprint density at radius 3 is 2.41 bits per heavy atom. The summed E-state index contributed by atoms with van der Waals surface area (Å²) in [6.07, 6.45) is 0.721. The van der Waals surface area contributed by atoms with E-state index in [9.17, 15) is 0 Å². The molecule has 0 aliphatic rings. The van der Waals surface area contributed by atoms with Crippen LogP contribution in [-0.4, -0.2) is 14.8 Å². The number of nitrogens with zero attached hydrogens (tertiary/aromatic N) is 4. The number of aromatic nitrogens is 3. The van der Waals surface area contributed by atoms with Crippen molar-refractivity contribution in [3.05, 3.63) is 107 Å². The minimum atomic E-state index is 0.673. The van der Waals surface area contributed by atoms with Crippen LogP contribution in [0.25, 0.3) is 5.69 Å². The summed E-state index contributed by atoms with van der Waals surface area (Å²) in [5, 5.41) is 18.8. The van der Waals surface area contributed by atoms with Gasteiger partial charge in [-0.2, -0.15) is 5.26 Å². The van der Waals surface area contributed by atoms with Crippen molar-refractivity contribution < 1.29 is 0 Å². The third kappa shape index (κ3) is 4.56. The van der Waals surface area contributed by atoms with Crippen molar-refractivity contribution in [2.75, 3.05) is 0 Å². The molecule has 0 aliphatic carbocycles. The lowest BCUT2D eigenvalue weighted by atomic mass is 10.1. The Balaban J connectivity index is 1.64. The number of thioether (sulfide) groups is 1. The van der Waals surface area contributed by atoms with Crippen LogP contribution in [0, 0.1) is 18.3 Å². The van der Waals surface area contributed by atoms with Gasteiger partial charge < -0.3 is 0 Å². The normalized spacial score (nSPS) is 10.6. The zero-order chi connectivity index (χ0) is 20.1. The van der Waals surface area contributed by atoms with Crippen molar-refractivity contribution >= 4 is 11.8 Å². The summed E-state index contributed by atoms with van der Waals surface area (Å²) in [5.41, 5.74) is 5.30. The van der Waals surface area contributed by atoms with Gasteiger partial charge in [-0.25, -0.2) is 0 Å². The minimum Gasteiger partial charge on any atom is -0.274 e. The van der Waals surface area contributed by atoms with Crippen molar-refractivity contribution in [1.82, 2.24) is 14.8 Å². The van der Waals surface area contributed by atoms with Crippen molar-refractivity contribution in [3.8, 4) is 11.8 Å². The second kappa shape index (κ2) is 8.76. The number of rotatable bonds is 6. The van der Waals surface area contributed by atoms with Crippen molar-refractivity contribution in [2.45, 2.75) is 24.3 Å². The Hall–Kier alpha value is -3.36. The van der Waals surface area contributed by atoms with Gasteiger partial charge in [0.25, 0.3) is 0 Å². The van der Waals surface area contributed by atoms with Crippen LogP contribution in [0.2, 0.25) is 0 Å². The molecule has 142 valence electrons. The molecule has 29 heavy (non-hydrogen) atoms. The Kier molecular flexibility index (Phi) is 5.73. The first-order valence-electron chi connectivity index (χ1n) is 9.40. The van der Waals surface area contributed by atoms with Crippen molar-refractivity contribution in [2.24, 2.45) is 0 Å². The van der Waals surface area contributed by atoms with Gasteiger partial charge >= 0.3 is 0 Å². The fraction of sp³-hybridized carbons (Fsp3) is 0.125. The second-order valence-electron chi connectivity index (χ2n) is 6.83. The van der Waals surface area contributed by atoms with Gasteiger partial charge in [0, 0.05) is 17.9 Å². The maximum absolute atomic E-state index is 8.97. The highest BCUT2D eigenvalue weighted by Crippen LogP contribution is 2.27. The SMILES string of the molecule is Cc1cccc(-n2c(Cc3ccccc3)nnc2SCc2ccc(C#N)cc2)c1. The number of hydrogen-bond acceptors (Lipinski definition) is 4. The van der Waals surface area contributed by atoms with E-state index in [1.165, 1.54) is 11.1 Å². The summed E-state index contributed by atoms with van der Waals surface area (Å²) in [6, 6.07) is 28.6. The standard InChI is InChI=1S/C24H20N4S/c1-18-6-5-9-22(14-18)28-23(15-19-7-3-2-4-8-19)26-27-24(28)29-17-21-12-10-20(16-25)11-13-21/h2-14H,15,17H2,1H3. The molecule has 0 amide bonds. The molecule has 0 N–H and O–H groups in total. The van der Waals surface area contributed by atoms with E-state index >= 15 is 0 Å². The first kappa shape index (κ1) is 19.0. The predicted molar refractivity (Wildman–Crippen MR) is 116 cm³/mol. The van der Waals surface area contributed by atoms with Gasteiger partial charge in [-0.3, -0.25) is 4.57 Å². The van der Waals surface area contributed by atoms with Gasteiger partial charge in [-0.15, -0.1) is 10.2 Å². The predicted octanol–water partition coefficient (Wildman–Crippen LogP) is 5.33. The van der Waals surface area contributed by atoms with Crippen molar-refractivity contribution in [1.29, 1.82) is 5.26 Å². The number of nitriles is 1. The third-order valence-electron chi connectivity index (χ3n) is 4.62. The summed E-state index contributed by atoms with van der Waals surface area (Å²) in [6.45, 7) is 2.09. The van der Waals surface area contributed by atoms with E-state index in [2.05, 4.69) is 64.2 Å². The Morgan fingerprint density at radius 1 is 0.897 bits per heavy atom. The van der Waals surface area contributed by atoms with Crippen LogP contribution < -0.4 is 0 Å². The van der Waals surface area contributed by atoms with Crippen LogP contribution in [0.1, 0.15) is 28.1 Å². The molecular formula is C24H20N4S. The molecule has 1 aromatic heterocycles. The fourth-order valence-electron chi connectivity index (χ4n) is 3.14. The molecule has 0 saturated carbocycles. The van der Waals surface area contributed by atoms with E-state index in [1.807, 2.05) is 42.5 Å². The quantitative estimate of drug-likeness (QED) is 0.413. The monoisotopic (exact) mass is 396 g/mol. The van der Waals surface area contributed by atoms with E-state index in [0.29, 0.717) is 5.56 Å². The lowest BCUT2D eigenvalue weighted by Crippen LogP contribution is -2.04. The summed E-state index contributed by atoms with van der Waals surface area (Å²) in [7, 11) is 0. The molecule has 0 aliphatic heterocycles. The molecule has 4 rings (SSSR count). The molecule has 1 heterocycles. The van der Waals surface area contributed by atoms with Gasteiger partial charge in [-0.05, 0) is 47.9 Å². The van der Waals surface area contributed by atoms with Crippen LogP contribution in [0.15, 0.2) is 84.0 Å². The molecule has 0 fully saturated rings. The highest BCUT2D eigenvalue weighted by Gasteiger charge is 2.15. The average Bonchev–Trinajstić information content (AvgIpc) is 3.15. The Labute approximate surface area is 174 Å². The van der Waals surface area contributed by atoms with Crippen LogP contribution in [-0.2, 0) is 12.2 Å². The molecule has 5 heteroatoms. The van der Waals surface area contributed by atoms with Crippen molar-refractivity contribution in [3.63, 3.8) is 0 Å². The molecule has 0 spiro atoms. The van der Waals surface area contributed by atoms with Gasteiger partial charge in [-0.1, -0.05) is 66.4 Å². The topological polar surface area (TPSA) is 54.5 Å². The minimum absolute atomic E-state index is 0.673. The number of hydrogen-bond donors (Lipinski definition) is 0. The second-order valence-corrected chi connectivity index (χ2v) is 7.78. The molecule has 0 unspecified atom stereocenters. The van der Waals surface area contributed by atoms with Crippen LogP contribution in [0.3, 0.4) is 0 Å².